The molecule has 1 heterocycles. The van der Waals surface area contributed by atoms with Gasteiger partial charge in [-0.3, -0.25) is 4.79 Å². The fourth-order valence-electron chi connectivity index (χ4n) is 3.62. The van der Waals surface area contributed by atoms with Crippen LogP contribution < -0.4 is 5.32 Å². The van der Waals surface area contributed by atoms with Crippen LogP contribution in [0.15, 0.2) is 0 Å². The van der Waals surface area contributed by atoms with E-state index in [9.17, 15) is 9.90 Å². The predicted molar refractivity (Wildman–Crippen MR) is 78.3 cm³/mol. The van der Waals surface area contributed by atoms with Gasteiger partial charge in [0.15, 0.2) is 0 Å². The molecule has 1 aliphatic heterocycles. The molecule has 0 aromatic carbocycles. The van der Waals surface area contributed by atoms with E-state index in [0.29, 0.717) is 12.5 Å². The van der Waals surface area contributed by atoms with Crippen molar-refractivity contribution in [2.75, 3.05) is 13.2 Å². The third kappa shape index (κ3) is 3.95. The SMILES string of the molecule is CC(C)(C)[C@H]1OCC[C@@H]1CNC(=O)CC1(O)CCCC1. The third-order valence-corrected chi connectivity index (χ3v) is 4.65. The van der Waals surface area contributed by atoms with Gasteiger partial charge in [-0.05, 0) is 24.7 Å². The topological polar surface area (TPSA) is 58.6 Å². The lowest BCUT2D eigenvalue weighted by Crippen LogP contribution is -2.41. The highest BCUT2D eigenvalue weighted by Crippen LogP contribution is 2.35. The fourth-order valence-corrected chi connectivity index (χ4v) is 3.62. The Hall–Kier alpha value is -0.610. The minimum absolute atomic E-state index is 0.0195. The van der Waals surface area contributed by atoms with E-state index in [1.54, 1.807) is 0 Å². The standard InChI is InChI=1S/C16H29NO3/c1-15(2,3)14-12(6-9-20-14)11-17-13(18)10-16(19)7-4-5-8-16/h12,14,19H,4-11H2,1-3H3,(H,17,18)/t12-,14+/m1/s1. The molecule has 0 spiro atoms. The van der Waals surface area contributed by atoms with E-state index in [0.717, 1.165) is 38.7 Å². The zero-order valence-corrected chi connectivity index (χ0v) is 13.1. The minimum Gasteiger partial charge on any atom is -0.389 e. The molecule has 2 N–H and O–H groups in total. The zero-order chi connectivity index (χ0) is 14.8. The average molecular weight is 283 g/mol. The van der Waals surface area contributed by atoms with E-state index < -0.39 is 5.60 Å². The van der Waals surface area contributed by atoms with E-state index >= 15 is 0 Å². The Kier molecular flexibility index (Phi) is 4.75. The van der Waals surface area contributed by atoms with Crippen molar-refractivity contribution in [1.82, 2.24) is 5.32 Å². The van der Waals surface area contributed by atoms with Crippen LogP contribution in [0, 0.1) is 11.3 Å². The second kappa shape index (κ2) is 6.02. The lowest BCUT2D eigenvalue weighted by molar-refractivity contribution is -0.126. The van der Waals surface area contributed by atoms with Gasteiger partial charge in [0.2, 0.25) is 5.91 Å². The van der Waals surface area contributed by atoms with Crippen LogP contribution in [0.3, 0.4) is 0 Å². The van der Waals surface area contributed by atoms with Crippen molar-refractivity contribution in [2.24, 2.45) is 11.3 Å². The van der Waals surface area contributed by atoms with Crippen LogP contribution in [0.25, 0.3) is 0 Å². The quantitative estimate of drug-likeness (QED) is 0.832. The Bertz CT molecular complexity index is 342. The first kappa shape index (κ1) is 15.8. The Morgan fingerprint density at radius 3 is 2.60 bits per heavy atom. The molecule has 1 saturated heterocycles. The second-order valence-electron chi connectivity index (χ2n) is 7.62. The normalized spacial score (nSPS) is 29.6. The van der Waals surface area contributed by atoms with Crippen LogP contribution in [-0.4, -0.2) is 35.9 Å². The predicted octanol–water partition coefficient (Wildman–Crippen LogP) is 2.25. The molecule has 2 rings (SSSR count). The smallest absolute Gasteiger partial charge is 0.222 e. The minimum atomic E-state index is -0.750. The van der Waals surface area contributed by atoms with Crippen molar-refractivity contribution in [3.05, 3.63) is 0 Å². The number of amides is 1. The van der Waals surface area contributed by atoms with Gasteiger partial charge in [0.05, 0.1) is 18.1 Å². The Balaban J connectivity index is 1.78. The maximum Gasteiger partial charge on any atom is 0.222 e. The number of carbonyl (C=O) groups excluding carboxylic acids is 1. The van der Waals surface area contributed by atoms with Crippen molar-refractivity contribution in [3.8, 4) is 0 Å². The lowest BCUT2D eigenvalue weighted by Gasteiger charge is -2.31. The second-order valence-corrected chi connectivity index (χ2v) is 7.62. The molecule has 1 amide bonds. The molecule has 116 valence electrons. The number of hydrogen-bond acceptors (Lipinski definition) is 3. The summed E-state index contributed by atoms with van der Waals surface area (Å²) in [5.74, 6) is 0.367. The summed E-state index contributed by atoms with van der Waals surface area (Å²) in [5, 5.41) is 13.2. The highest BCUT2D eigenvalue weighted by molar-refractivity contribution is 5.77. The summed E-state index contributed by atoms with van der Waals surface area (Å²) in [7, 11) is 0. The molecule has 2 atom stereocenters. The molecular weight excluding hydrogens is 254 g/mol. The highest BCUT2D eigenvalue weighted by Gasteiger charge is 2.38. The first-order valence-corrected chi connectivity index (χ1v) is 7.91. The molecular formula is C16H29NO3. The summed E-state index contributed by atoms with van der Waals surface area (Å²) in [6.07, 6.45) is 5.05. The molecule has 0 radical (unpaired) electrons. The van der Waals surface area contributed by atoms with Gasteiger partial charge in [0.1, 0.15) is 0 Å². The number of aliphatic hydroxyl groups is 1. The van der Waals surface area contributed by atoms with Gasteiger partial charge in [0, 0.05) is 19.1 Å². The molecule has 2 fully saturated rings. The third-order valence-electron chi connectivity index (χ3n) is 4.65. The van der Waals surface area contributed by atoms with Gasteiger partial charge < -0.3 is 15.2 Å². The summed E-state index contributed by atoms with van der Waals surface area (Å²) in [5.41, 5.74) is -0.644. The summed E-state index contributed by atoms with van der Waals surface area (Å²) >= 11 is 0. The van der Waals surface area contributed by atoms with Crippen molar-refractivity contribution >= 4 is 5.91 Å². The van der Waals surface area contributed by atoms with E-state index in [1.165, 1.54) is 0 Å². The maximum atomic E-state index is 12.0. The molecule has 1 saturated carbocycles. The molecule has 2 aliphatic rings. The first-order chi connectivity index (χ1) is 9.30. The van der Waals surface area contributed by atoms with Crippen LogP contribution >= 0.6 is 0 Å². The molecule has 4 heteroatoms. The number of carbonyl (C=O) groups is 1. The molecule has 20 heavy (non-hydrogen) atoms. The lowest BCUT2D eigenvalue weighted by atomic mass is 9.81. The number of nitrogens with one attached hydrogen (secondary N) is 1. The number of ether oxygens (including phenoxy) is 1. The first-order valence-electron chi connectivity index (χ1n) is 7.91. The molecule has 0 unspecified atom stereocenters. The van der Waals surface area contributed by atoms with E-state index in [1.807, 2.05) is 0 Å². The van der Waals surface area contributed by atoms with Gasteiger partial charge in [-0.1, -0.05) is 33.6 Å². The average Bonchev–Trinajstić information content (AvgIpc) is 2.94. The van der Waals surface area contributed by atoms with Gasteiger partial charge in [0.25, 0.3) is 0 Å². The highest BCUT2D eigenvalue weighted by atomic mass is 16.5. The van der Waals surface area contributed by atoms with Gasteiger partial charge in [-0.2, -0.15) is 0 Å². The fraction of sp³-hybridized carbons (Fsp3) is 0.938. The van der Waals surface area contributed by atoms with Crippen LogP contribution in [-0.2, 0) is 9.53 Å². The summed E-state index contributed by atoms with van der Waals surface area (Å²) in [4.78, 5) is 12.0. The van der Waals surface area contributed by atoms with Crippen LogP contribution in [0.4, 0.5) is 0 Å². The molecule has 0 aromatic rings. The van der Waals surface area contributed by atoms with Gasteiger partial charge in [-0.15, -0.1) is 0 Å². The largest absolute Gasteiger partial charge is 0.389 e. The monoisotopic (exact) mass is 283 g/mol. The molecule has 1 aliphatic carbocycles. The Labute approximate surface area is 122 Å². The Morgan fingerprint density at radius 1 is 1.35 bits per heavy atom. The van der Waals surface area contributed by atoms with Crippen molar-refractivity contribution in [1.29, 1.82) is 0 Å². The van der Waals surface area contributed by atoms with Crippen LogP contribution in [0.2, 0.25) is 0 Å². The summed E-state index contributed by atoms with van der Waals surface area (Å²) in [6, 6.07) is 0. The van der Waals surface area contributed by atoms with E-state index in [4.69, 9.17) is 4.74 Å². The summed E-state index contributed by atoms with van der Waals surface area (Å²) < 4.78 is 5.81. The van der Waals surface area contributed by atoms with Crippen LogP contribution in [0.1, 0.15) is 59.3 Å². The van der Waals surface area contributed by atoms with Crippen molar-refractivity contribution < 1.29 is 14.6 Å². The van der Waals surface area contributed by atoms with E-state index in [2.05, 4.69) is 26.1 Å². The van der Waals surface area contributed by atoms with Crippen molar-refractivity contribution in [3.63, 3.8) is 0 Å². The maximum absolute atomic E-state index is 12.0. The number of rotatable bonds is 4. The summed E-state index contributed by atoms with van der Waals surface area (Å²) in [6.45, 7) is 7.99. The van der Waals surface area contributed by atoms with Gasteiger partial charge >= 0.3 is 0 Å². The molecule has 0 aromatic heterocycles. The van der Waals surface area contributed by atoms with E-state index in [-0.39, 0.29) is 23.8 Å². The molecule has 0 bridgehead atoms. The zero-order valence-electron chi connectivity index (χ0n) is 13.1. The van der Waals surface area contributed by atoms with Crippen molar-refractivity contribution in [2.45, 2.75) is 71.0 Å². The van der Waals surface area contributed by atoms with Crippen LogP contribution in [0.5, 0.6) is 0 Å². The number of hydrogen-bond donors (Lipinski definition) is 2. The molecule has 4 nitrogen and oxygen atoms in total. The Morgan fingerprint density at radius 2 is 2.00 bits per heavy atom. The van der Waals surface area contributed by atoms with Gasteiger partial charge in [-0.25, -0.2) is 0 Å².